The van der Waals surface area contributed by atoms with Gasteiger partial charge < -0.3 is 4.42 Å². The van der Waals surface area contributed by atoms with Crippen molar-refractivity contribution in [3.8, 4) is 62.1 Å². The molecule has 8 heteroatoms. The molecular formula is C59H37N5O2Pt. The molecule has 0 amide bonds. The minimum atomic E-state index is 0.726. The molecule has 0 saturated carbocycles. The molecule has 0 bridgehead atoms. The molecule has 13 aromatic rings. The van der Waals surface area contributed by atoms with Crippen LogP contribution in [-0.4, -0.2) is 23.7 Å². The molecule has 8 aromatic carbocycles. The van der Waals surface area contributed by atoms with Gasteiger partial charge in [0.1, 0.15) is 11.2 Å². The summed E-state index contributed by atoms with van der Waals surface area (Å²) in [4.78, 5) is 9.48. The van der Waals surface area contributed by atoms with Crippen LogP contribution in [-0.2, 0) is 19.4 Å². The zero-order chi connectivity index (χ0) is 44.4. The average molecular weight is 1040 g/mol. The van der Waals surface area contributed by atoms with Crippen LogP contribution in [0.2, 0.25) is 0 Å². The van der Waals surface area contributed by atoms with E-state index >= 15 is 0 Å². The second-order valence-electron chi connectivity index (χ2n) is 16.5. The van der Waals surface area contributed by atoms with Gasteiger partial charge in [0.25, 0.3) is 0 Å². The minimum absolute atomic E-state index is 0.726. The van der Waals surface area contributed by atoms with Crippen molar-refractivity contribution in [2.24, 2.45) is 0 Å². The molecule has 320 valence electrons. The number of para-hydroxylation sites is 4. The Kier molecular flexibility index (Phi) is 9.29. The molecule has 0 N–H and O–H groups in total. The van der Waals surface area contributed by atoms with Crippen LogP contribution >= 0.6 is 0 Å². The van der Waals surface area contributed by atoms with Crippen molar-refractivity contribution < 1.29 is 28.5 Å². The van der Waals surface area contributed by atoms with Crippen molar-refractivity contribution in [2.45, 2.75) is 0 Å². The molecule has 0 atom stereocenters. The normalized spacial score (nSPS) is 11.7. The second-order valence-corrected chi connectivity index (χ2v) is 17.5. The molecule has 13 rings (SSSR count). The molecule has 7 nitrogen and oxygen atoms in total. The number of ether oxygens (including phenoxy) is 1. The van der Waals surface area contributed by atoms with Crippen LogP contribution in [0.5, 0.6) is 11.5 Å². The van der Waals surface area contributed by atoms with Crippen LogP contribution < -0.4 is 4.74 Å². The quantitative estimate of drug-likeness (QED) is 0.152. The molecule has 67 heavy (non-hydrogen) atoms. The fourth-order valence-electron chi connectivity index (χ4n) is 9.73. The molecule has 0 aliphatic heterocycles. The third-order valence-electron chi connectivity index (χ3n) is 12.7. The van der Waals surface area contributed by atoms with Crippen LogP contribution in [0.15, 0.2) is 229 Å². The predicted octanol–water partition coefficient (Wildman–Crippen LogP) is 15.1. The van der Waals surface area contributed by atoms with Gasteiger partial charge in [-0.15, -0.1) is 0 Å². The van der Waals surface area contributed by atoms with Crippen molar-refractivity contribution in [1.82, 2.24) is 23.7 Å². The summed E-state index contributed by atoms with van der Waals surface area (Å²) in [5.74, 6) is 2.27. The van der Waals surface area contributed by atoms with E-state index in [2.05, 4.69) is 220 Å². The Hall–Kier alpha value is -8.38. The van der Waals surface area contributed by atoms with Crippen molar-refractivity contribution >= 4 is 54.8 Å². The molecule has 0 saturated heterocycles. The maximum atomic E-state index is 6.81. The average Bonchev–Trinajstić information content (AvgIpc) is 4.03. The van der Waals surface area contributed by atoms with Gasteiger partial charge in [-0.1, -0.05) is 24.3 Å². The molecule has 0 spiro atoms. The van der Waals surface area contributed by atoms with Crippen LogP contribution in [0, 0.1) is 3.80 Å². The van der Waals surface area contributed by atoms with Crippen LogP contribution in [0.3, 0.4) is 0 Å². The molecule has 0 aliphatic rings. The number of benzene rings is 8. The van der Waals surface area contributed by atoms with Crippen molar-refractivity contribution in [3.63, 3.8) is 0 Å². The van der Waals surface area contributed by atoms with E-state index in [9.17, 15) is 0 Å². The Morgan fingerprint density at radius 2 is 1.09 bits per heavy atom. The Balaban J connectivity index is 0.901. The Morgan fingerprint density at radius 1 is 0.433 bits per heavy atom. The van der Waals surface area contributed by atoms with E-state index in [0.717, 1.165) is 121 Å². The summed E-state index contributed by atoms with van der Waals surface area (Å²) in [5, 5.41) is 4.28. The molecule has 5 heterocycles. The maximum absolute atomic E-state index is 6.81. The van der Waals surface area contributed by atoms with Crippen molar-refractivity contribution in [2.75, 3.05) is 0 Å². The monoisotopic (exact) mass is 1040 g/mol. The fourth-order valence-corrected chi connectivity index (χ4v) is 10.8. The third kappa shape index (κ3) is 6.50. The summed E-state index contributed by atoms with van der Waals surface area (Å²) in [6.07, 6.45) is 5.58. The molecular weight excluding hydrogens is 1010 g/mol. The van der Waals surface area contributed by atoms with Crippen molar-refractivity contribution in [3.05, 3.63) is 229 Å². The van der Waals surface area contributed by atoms with E-state index in [1.54, 1.807) is 6.20 Å². The Morgan fingerprint density at radius 3 is 1.85 bits per heavy atom. The first-order valence-electron chi connectivity index (χ1n) is 22.1. The number of rotatable bonds is 8. The number of furan rings is 1. The van der Waals surface area contributed by atoms with Gasteiger partial charge in [0.15, 0.2) is 0 Å². The van der Waals surface area contributed by atoms with E-state index in [0.29, 0.717) is 0 Å². The summed E-state index contributed by atoms with van der Waals surface area (Å²) in [5.41, 5.74) is 14.7. The first-order chi connectivity index (χ1) is 33.2. The SMILES string of the molecule is [Pt]=[c]1n(-c2cccc(Oc3ccc4c5ccccc5n(-c5ccc(-c6cccc7oc8ccncc8c67)cn5)c4c3)c2)c2ccccc2n1-c1c(-c2ccccc2)cccc1-c1ccccc1. The number of fused-ring (bicyclic) bond motifs is 7. The number of hydrogen-bond donors (Lipinski definition) is 0. The number of pyridine rings is 2. The fraction of sp³-hybridized carbons (Fsp3) is 0. The second kappa shape index (κ2) is 15.9. The van der Waals surface area contributed by atoms with Crippen LogP contribution in [0.4, 0.5) is 0 Å². The van der Waals surface area contributed by atoms with E-state index in [1.807, 2.05) is 36.7 Å². The molecule has 0 aliphatic carbocycles. The Labute approximate surface area is 395 Å². The first-order valence-corrected chi connectivity index (χ1v) is 23.3. The molecule has 5 aromatic heterocycles. The van der Waals surface area contributed by atoms with Gasteiger partial charge in [0.05, 0.1) is 0 Å². The van der Waals surface area contributed by atoms with E-state index in [1.165, 1.54) is 0 Å². The van der Waals surface area contributed by atoms with Gasteiger partial charge in [-0.05, 0) is 23.8 Å². The number of aromatic nitrogens is 5. The summed E-state index contributed by atoms with van der Waals surface area (Å²) in [6.45, 7) is 0. The summed E-state index contributed by atoms with van der Waals surface area (Å²) < 4.78 is 21.0. The summed E-state index contributed by atoms with van der Waals surface area (Å²) >= 11 is 2.49. The molecule has 0 fully saturated rings. The number of hydrogen-bond acceptors (Lipinski definition) is 4. The van der Waals surface area contributed by atoms with Gasteiger partial charge in [-0.2, -0.15) is 0 Å². The van der Waals surface area contributed by atoms with E-state index in [-0.39, 0.29) is 0 Å². The van der Waals surface area contributed by atoms with Crippen LogP contribution in [0.1, 0.15) is 0 Å². The molecule has 0 unspecified atom stereocenters. The molecule has 0 radical (unpaired) electrons. The topological polar surface area (TPSA) is 62.9 Å². The first kappa shape index (κ1) is 39.0. The van der Waals surface area contributed by atoms with Gasteiger partial charge in [-0.25, -0.2) is 0 Å². The van der Waals surface area contributed by atoms with Gasteiger partial charge in [0, 0.05) is 34.9 Å². The van der Waals surface area contributed by atoms with E-state index in [4.69, 9.17) is 14.1 Å². The van der Waals surface area contributed by atoms with E-state index < -0.39 is 0 Å². The third-order valence-corrected chi connectivity index (χ3v) is 13.7. The Bertz CT molecular complexity index is 4040. The predicted molar refractivity (Wildman–Crippen MR) is 266 cm³/mol. The number of nitrogens with zero attached hydrogens (tertiary/aromatic N) is 5. The summed E-state index contributed by atoms with van der Waals surface area (Å²) in [6, 6.07) is 72.0. The standard InChI is InChI=1S/C59H37N5O2.Pt/c1-3-14-39(15-4-1)46-22-12-23-47(40-16-5-2-6-17-40)59(46)63-38-62(52-25-9-10-26-53(52)63)42-18-11-19-43(34-42)65-44-29-30-49-48-20-7-8-24-51(48)64(54(49)35-44)57-31-28-41(36-61-57)45-21-13-27-56-58(45)50-37-60-33-32-55(50)66-56;/h1-37H;. The zero-order valence-electron chi connectivity index (χ0n) is 35.7. The summed E-state index contributed by atoms with van der Waals surface area (Å²) in [7, 11) is 0. The zero-order valence-corrected chi connectivity index (χ0v) is 38.0. The van der Waals surface area contributed by atoms with Gasteiger partial charge in [0.2, 0.25) is 0 Å². The van der Waals surface area contributed by atoms with Crippen molar-refractivity contribution in [1.29, 1.82) is 0 Å². The number of imidazole rings is 1. The van der Waals surface area contributed by atoms with Gasteiger partial charge in [-0.3, -0.25) is 4.98 Å². The van der Waals surface area contributed by atoms with Crippen LogP contribution in [0.25, 0.3) is 105 Å². The van der Waals surface area contributed by atoms with Gasteiger partial charge >= 0.3 is 294 Å².